The molecule has 1 fully saturated rings. The summed E-state index contributed by atoms with van der Waals surface area (Å²) >= 11 is 0. The van der Waals surface area contributed by atoms with Gasteiger partial charge in [-0.05, 0) is 51.1 Å². The first-order valence-electron chi connectivity index (χ1n) is 11.1. The number of aryl methyl sites for hydroxylation is 2. The lowest BCUT2D eigenvalue weighted by molar-refractivity contribution is -0.310. The van der Waals surface area contributed by atoms with Crippen LogP contribution < -0.4 is 5.32 Å². The molecule has 1 aliphatic heterocycles. The second-order valence-corrected chi connectivity index (χ2v) is 11.7. The maximum atomic E-state index is 13.0. The monoisotopic (exact) mass is 529 g/mol. The Morgan fingerprint density at radius 2 is 1.43 bits per heavy atom. The zero-order valence-corrected chi connectivity index (χ0v) is 21.4. The van der Waals surface area contributed by atoms with Crippen molar-refractivity contribution in [3.05, 3.63) is 59.7 Å². The summed E-state index contributed by atoms with van der Waals surface area (Å²) in [7, 11) is -8.85. The summed E-state index contributed by atoms with van der Waals surface area (Å²) in [5.41, 5.74) is 1.65. The van der Waals surface area contributed by atoms with Crippen molar-refractivity contribution in [2.45, 2.75) is 61.1 Å². The van der Waals surface area contributed by atoms with Gasteiger partial charge in [-0.1, -0.05) is 42.3 Å². The van der Waals surface area contributed by atoms with E-state index in [-0.39, 0.29) is 16.3 Å². The summed E-state index contributed by atoms with van der Waals surface area (Å²) < 4.78 is 67.6. The summed E-state index contributed by atoms with van der Waals surface area (Å²) in [6.45, 7) is 5.16. The van der Waals surface area contributed by atoms with Crippen LogP contribution in [0.25, 0.3) is 0 Å². The van der Waals surface area contributed by atoms with Gasteiger partial charge in [0.1, 0.15) is 18.3 Å². The summed E-state index contributed by atoms with van der Waals surface area (Å²) in [6, 6.07) is 11.6. The van der Waals surface area contributed by atoms with Gasteiger partial charge in [-0.15, -0.1) is 0 Å². The van der Waals surface area contributed by atoms with E-state index in [1.165, 1.54) is 24.3 Å². The number of aliphatic hydroxyl groups is 2. The van der Waals surface area contributed by atoms with Gasteiger partial charge in [0.15, 0.2) is 0 Å². The molecule has 2 aromatic rings. The lowest BCUT2D eigenvalue weighted by atomic mass is 9.97. The van der Waals surface area contributed by atoms with Crippen LogP contribution in [0.15, 0.2) is 58.3 Å². The molecule has 0 saturated carbocycles. The van der Waals surface area contributed by atoms with Crippen molar-refractivity contribution in [2.24, 2.45) is 0 Å². The molecular formula is C23H31NO9S2. The van der Waals surface area contributed by atoms with E-state index in [2.05, 4.69) is 5.32 Å². The molecule has 3 N–H and O–H groups in total. The van der Waals surface area contributed by atoms with Gasteiger partial charge in [0.05, 0.1) is 22.9 Å². The third-order valence-corrected chi connectivity index (χ3v) is 8.22. The predicted molar refractivity (Wildman–Crippen MR) is 127 cm³/mol. The highest BCUT2D eigenvalue weighted by molar-refractivity contribution is 7.87. The number of aliphatic hydroxyl groups excluding tert-OH is 1. The average molecular weight is 530 g/mol. The molecule has 0 spiro atoms. The Morgan fingerprint density at radius 3 is 1.91 bits per heavy atom. The van der Waals surface area contributed by atoms with Gasteiger partial charge in [0.2, 0.25) is 5.79 Å². The quantitative estimate of drug-likeness (QED) is 0.303. The highest BCUT2D eigenvalue weighted by Gasteiger charge is 2.53. The number of hydrogen-bond acceptors (Lipinski definition) is 10. The van der Waals surface area contributed by atoms with E-state index < -0.39 is 50.9 Å². The molecule has 194 valence electrons. The summed E-state index contributed by atoms with van der Waals surface area (Å²) in [5, 5.41) is 24.7. The Kier molecular flexibility index (Phi) is 8.71. The fraction of sp³-hybridized carbons (Fsp3) is 0.478. The molecule has 1 aliphatic rings. The molecule has 4 atom stereocenters. The Labute approximate surface area is 206 Å². The van der Waals surface area contributed by atoms with Crippen molar-refractivity contribution in [1.29, 1.82) is 0 Å². The summed E-state index contributed by atoms with van der Waals surface area (Å²) in [5.74, 6) is -2.24. The van der Waals surface area contributed by atoms with E-state index in [9.17, 15) is 27.0 Å². The van der Waals surface area contributed by atoms with Crippen LogP contribution in [-0.4, -0.2) is 70.8 Å². The van der Waals surface area contributed by atoms with Crippen molar-refractivity contribution in [3.63, 3.8) is 0 Å². The fourth-order valence-electron chi connectivity index (χ4n) is 3.49. The minimum Gasteiger partial charge on any atom is -0.385 e. The molecule has 0 bridgehead atoms. The normalized spacial score (nSPS) is 25.5. The minimum absolute atomic E-state index is 0.164. The van der Waals surface area contributed by atoms with Crippen LogP contribution >= 0.6 is 0 Å². The Hall–Kier alpha value is -1.90. The largest absolute Gasteiger partial charge is 0.385 e. The van der Waals surface area contributed by atoms with Crippen LogP contribution in [0.4, 0.5) is 0 Å². The highest BCUT2D eigenvalue weighted by atomic mass is 32.2. The third kappa shape index (κ3) is 6.66. The third-order valence-electron chi connectivity index (χ3n) is 5.55. The molecule has 35 heavy (non-hydrogen) atoms. The number of hydrogen-bond donors (Lipinski definition) is 3. The van der Waals surface area contributed by atoms with Crippen molar-refractivity contribution in [2.75, 3.05) is 19.7 Å². The van der Waals surface area contributed by atoms with Crippen molar-refractivity contribution in [3.8, 4) is 0 Å². The van der Waals surface area contributed by atoms with Gasteiger partial charge in [-0.2, -0.15) is 16.8 Å². The predicted octanol–water partition coefficient (Wildman–Crippen LogP) is 1.23. The first-order valence-corrected chi connectivity index (χ1v) is 13.9. The second kappa shape index (κ2) is 11.0. The van der Waals surface area contributed by atoms with Crippen molar-refractivity contribution >= 4 is 20.2 Å². The molecule has 0 aromatic heterocycles. The first kappa shape index (κ1) is 27.7. The number of rotatable bonds is 10. The smallest absolute Gasteiger partial charge is 0.297 e. The molecular weight excluding hydrogens is 498 g/mol. The van der Waals surface area contributed by atoms with Gasteiger partial charge < -0.3 is 20.3 Å². The van der Waals surface area contributed by atoms with Gasteiger partial charge in [-0.3, -0.25) is 8.37 Å². The van der Waals surface area contributed by atoms with E-state index in [1.807, 2.05) is 6.92 Å². The summed E-state index contributed by atoms with van der Waals surface area (Å²) in [6.07, 6.45) is -4.58. The number of benzene rings is 2. The van der Waals surface area contributed by atoms with Crippen molar-refractivity contribution < 1.29 is 40.2 Å². The molecule has 0 amide bonds. The Balaban J connectivity index is 1.92. The van der Waals surface area contributed by atoms with E-state index >= 15 is 0 Å². The van der Waals surface area contributed by atoms with Gasteiger partial charge in [-0.25, -0.2) is 0 Å². The number of ether oxygens (including phenoxy) is 1. The minimum atomic E-state index is -4.47. The molecule has 0 unspecified atom stereocenters. The zero-order valence-electron chi connectivity index (χ0n) is 19.7. The van der Waals surface area contributed by atoms with E-state index in [4.69, 9.17) is 13.1 Å². The zero-order chi connectivity index (χ0) is 25.9. The molecule has 0 radical (unpaired) electrons. The first-order chi connectivity index (χ1) is 16.4. The van der Waals surface area contributed by atoms with E-state index in [0.29, 0.717) is 6.54 Å². The number of nitrogens with one attached hydrogen (secondary N) is 1. The van der Waals surface area contributed by atoms with Crippen LogP contribution in [0.5, 0.6) is 0 Å². The molecule has 1 heterocycles. The lowest BCUT2D eigenvalue weighted by Crippen LogP contribution is -2.65. The lowest BCUT2D eigenvalue weighted by Gasteiger charge is -2.44. The van der Waals surface area contributed by atoms with Crippen LogP contribution in [0.1, 0.15) is 24.5 Å². The van der Waals surface area contributed by atoms with Crippen LogP contribution in [0, 0.1) is 13.8 Å². The van der Waals surface area contributed by atoms with Crippen LogP contribution in [0.2, 0.25) is 0 Å². The standard InChI is InChI=1S/C23H31NO9S2/c1-4-13-24-15-23(26)22(25)21(33-35(29,30)19-11-7-17(3)8-12-19)20(14-31-23)32-34(27,28)18-9-5-16(2)6-10-18/h5-12,20-22,24-26H,4,13-15H2,1-3H3/t20-,21-,22+,23-/m1/s1. The van der Waals surface area contributed by atoms with E-state index in [1.54, 1.807) is 38.1 Å². The van der Waals surface area contributed by atoms with Gasteiger partial charge in [0.25, 0.3) is 20.2 Å². The second-order valence-electron chi connectivity index (χ2n) is 8.51. The van der Waals surface area contributed by atoms with Crippen LogP contribution in [-0.2, 0) is 33.3 Å². The molecule has 3 rings (SSSR count). The van der Waals surface area contributed by atoms with Crippen LogP contribution in [0.3, 0.4) is 0 Å². The molecule has 0 aliphatic carbocycles. The highest BCUT2D eigenvalue weighted by Crippen LogP contribution is 2.31. The molecule has 10 nitrogen and oxygen atoms in total. The Morgan fingerprint density at radius 1 is 0.943 bits per heavy atom. The van der Waals surface area contributed by atoms with Gasteiger partial charge >= 0.3 is 0 Å². The molecule has 12 heteroatoms. The fourth-order valence-corrected chi connectivity index (χ4v) is 5.67. The summed E-state index contributed by atoms with van der Waals surface area (Å²) in [4.78, 5) is -0.363. The van der Waals surface area contributed by atoms with Crippen molar-refractivity contribution in [1.82, 2.24) is 5.32 Å². The Bertz CT molecular complexity index is 1200. The maximum absolute atomic E-state index is 13.0. The molecule has 2 aromatic carbocycles. The average Bonchev–Trinajstić information content (AvgIpc) is 2.80. The van der Waals surface area contributed by atoms with E-state index in [0.717, 1.165) is 17.5 Å². The van der Waals surface area contributed by atoms with Gasteiger partial charge in [0, 0.05) is 0 Å². The maximum Gasteiger partial charge on any atom is 0.297 e. The SMILES string of the molecule is CCCNC[C@@]1(O)OC[C@@H](OS(=O)(=O)c2ccc(C)cc2)[C@@H](OS(=O)(=O)c2ccc(C)cc2)[C@@H]1O. The topological polar surface area (TPSA) is 148 Å². The molecule has 1 saturated heterocycles.